The summed E-state index contributed by atoms with van der Waals surface area (Å²) in [5.74, 6) is 0. The van der Waals surface area contributed by atoms with Crippen LogP contribution in [0.2, 0.25) is 0 Å². The first-order chi connectivity index (χ1) is 6.64. The third-order valence-electron chi connectivity index (χ3n) is 2.94. The van der Waals surface area contributed by atoms with E-state index in [4.69, 9.17) is 4.74 Å². The largest absolute Gasteiger partial charge is 0.377 e. The molecule has 1 aliphatic heterocycles. The van der Waals surface area contributed by atoms with Gasteiger partial charge in [-0.3, -0.25) is 0 Å². The first-order valence-electron chi connectivity index (χ1n) is 5.63. The Morgan fingerprint density at radius 3 is 2.86 bits per heavy atom. The maximum absolute atomic E-state index is 5.38. The predicted octanol–water partition coefficient (Wildman–Crippen LogP) is 1.14. The molecule has 0 radical (unpaired) electrons. The number of hydrogen-bond donors (Lipinski definition) is 2. The summed E-state index contributed by atoms with van der Waals surface area (Å²) in [4.78, 5) is 0. The van der Waals surface area contributed by atoms with Crippen LogP contribution in [0.15, 0.2) is 0 Å². The third-order valence-corrected chi connectivity index (χ3v) is 2.94. The van der Waals surface area contributed by atoms with Crippen LogP contribution in [0.4, 0.5) is 0 Å². The first kappa shape index (κ1) is 12.0. The minimum absolute atomic E-state index is 0.0419. The molecule has 1 aliphatic rings. The van der Waals surface area contributed by atoms with Gasteiger partial charge in [0.1, 0.15) is 0 Å². The molecule has 0 aromatic heterocycles. The Labute approximate surface area is 87.6 Å². The molecule has 0 aromatic rings. The molecule has 1 fully saturated rings. The Balaban J connectivity index is 2.22. The van der Waals surface area contributed by atoms with Crippen LogP contribution in [0.1, 0.15) is 33.1 Å². The average Bonchev–Trinajstić information content (AvgIpc) is 2.43. The molecule has 3 nitrogen and oxygen atoms in total. The molecule has 0 spiro atoms. The van der Waals surface area contributed by atoms with Gasteiger partial charge in [-0.2, -0.15) is 0 Å². The summed E-state index contributed by atoms with van der Waals surface area (Å²) in [6.45, 7) is 7.50. The first-order valence-corrected chi connectivity index (χ1v) is 5.63. The Hall–Kier alpha value is -0.120. The smallest absolute Gasteiger partial charge is 0.0746 e. The lowest BCUT2D eigenvalue weighted by Gasteiger charge is -2.26. The second-order valence-corrected chi connectivity index (χ2v) is 4.72. The van der Waals surface area contributed by atoms with E-state index in [1.807, 2.05) is 0 Å². The highest BCUT2D eigenvalue weighted by Crippen LogP contribution is 2.09. The Bertz CT molecular complexity index is 151. The maximum atomic E-state index is 5.38. The molecule has 14 heavy (non-hydrogen) atoms. The fourth-order valence-electron chi connectivity index (χ4n) is 1.69. The van der Waals surface area contributed by atoms with Crippen LogP contribution in [0, 0.1) is 0 Å². The molecular formula is C11H24N2O. The highest BCUT2D eigenvalue weighted by atomic mass is 16.5. The van der Waals surface area contributed by atoms with Gasteiger partial charge in [0.15, 0.2) is 0 Å². The zero-order valence-corrected chi connectivity index (χ0v) is 9.73. The minimum Gasteiger partial charge on any atom is -0.377 e. The van der Waals surface area contributed by atoms with Crippen LogP contribution in [0.5, 0.6) is 0 Å². The molecule has 1 unspecified atom stereocenters. The highest BCUT2D eigenvalue weighted by molar-refractivity contribution is 4.78. The van der Waals surface area contributed by atoms with Crippen LogP contribution < -0.4 is 10.6 Å². The van der Waals surface area contributed by atoms with E-state index in [-0.39, 0.29) is 5.60 Å². The number of methoxy groups -OCH3 is 1. The van der Waals surface area contributed by atoms with Gasteiger partial charge in [-0.15, -0.1) is 0 Å². The quantitative estimate of drug-likeness (QED) is 0.714. The Kier molecular flexibility index (Phi) is 4.85. The Morgan fingerprint density at radius 2 is 2.14 bits per heavy atom. The van der Waals surface area contributed by atoms with E-state index in [0.29, 0.717) is 6.04 Å². The minimum atomic E-state index is -0.0419. The molecule has 0 aliphatic carbocycles. The van der Waals surface area contributed by atoms with Crippen molar-refractivity contribution in [2.45, 2.75) is 44.8 Å². The zero-order chi connectivity index (χ0) is 10.4. The van der Waals surface area contributed by atoms with Crippen molar-refractivity contribution in [3.63, 3.8) is 0 Å². The molecule has 3 heteroatoms. The van der Waals surface area contributed by atoms with Gasteiger partial charge in [-0.05, 0) is 46.2 Å². The van der Waals surface area contributed by atoms with Crippen molar-refractivity contribution in [3.05, 3.63) is 0 Å². The van der Waals surface area contributed by atoms with E-state index < -0.39 is 0 Å². The number of ether oxygens (including phenoxy) is 1. The summed E-state index contributed by atoms with van der Waals surface area (Å²) in [6.07, 6.45) is 3.80. The van der Waals surface area contributed by atoms with E-state index in [1.165, 1.54) is 25.8 Å². The summed E-state index contributed by atoms with van der Waals surface area (Å²) in [7, 11) is 1.77. The molecule has 0 saturated carbocycles. The summed E-state index contributed by atoms with van der Waals surface area (Å²) < 4.78 is 5.38. The second kappa shape index (κ2) is 5.69. The number of hydrogen-bond acceptors (Lipinski definition) is 3. The lowest BCUT2D eigenvalue weighted by Crippen LogP contribution is -2.42. The van der Waals surface area contributed by atoms with Gasteiger partial charge in [0.2, 0.25) is 0 Å². The van der Waals surface area contributed by atoms with E-state index in [9.17, 15) is 0 Å². The van der Waals surface area contributed by atoms with Crippen LogP contribution in [-0.2, 0) is 4.74 Å². The van der Waals surface area contributed by atoms with Crippen molar-refractivity contribution in [3.8, 4) is 0 Å². The van der Waals surface area contributed by atoms with Gasteiger partial charge >= 0.3 is 0 Å². The Morgan fingerprint density at radius 1 is 1.36 bits per heavy atom. The van der Waals surface area contributed by atoms with Crippen molar-refractivity contribution < 1.29 is 4.74 Å². The van der Waals surface area contributed by atoms with Crippen molar-refractivity contribution in [1.29, 1.82) is 0 Å². The number of rotatable bonds is 4. The normalized spacial score (nSPS) is 24.6. The summed E-state index contributed by atoms with van der Waals surface area (Å²) in [5, 5.41) is 7.00. The molecule has 1 rings (SSSR count). The van der Waals surface area contributed by atoms with E-state index >= 15 is 0 Å². The van der Waals surface area contributed by atoms with Gasteiger partial charge < -0.3 is 15.4 Å². The van der Waals surface area contributed by atoms with Gasteiger partial charge in [0.05, 0.1) is 5.60 Å². The van der Waals surface area contributed by atoms with Crippen molar-refractivity contribution in [2.24, 2.45) is 0 Å². The standard InChI is InChI=1S/C11H24N2O/c1-11(2,14-3)9-13-10-5-4-7-12-8-6-10/h10,12-13H,4-9H2,1-3H3. The topological polar surface area (TPSA) is 33.3 Å². The highest BCUT2D eigenvalue weighted by Gasteiger charge is 2.19. The molecule has 1 heterocycles. The maximum Gasteiger partial charge on any atom is 0.0746 e. The molecule has 1 saturated heterocycles. The van der Waals surface area contributed by atoms with Gasteiger partial charge in [0.25, 0.3) is 0 Å². The van der Waals surface area contributed by atoms with E-state index in [2.05, 4.69) is 24.5 Å². The van der Waals surface area contributed by atoms with Crippen LogP contribution in [-0.4, -0.2) is 38.4 Å². The fourth-order valence-corrected chi connectivity index (χ4v) is 1.69. The lowest BCUT2D eigenvalue weighted by molar-refractivity contribution is 0.0207. The monoisotopic (exact) mass is 200 g/mol. The molecule has 2 N–H and O–H groups in total. The summed E-state index contributed by atoms with van der Waals surface area (Å²) in [5.41, 5.74) is -0.0419. The van der Waals surface area contributed by atoms with Crippen LogP contribution in [0.25, 0.3) is 0 Å². The van der Waals surface area contributed by atoms with Gasteiger partial charge in [0, 0.05) is 19.7 Å². The molecule has 0 bridgehead atoms. The van der Waals surface area contributed by atoms with E-state index in [0.717, 1.165) is 13.1 Å². The molecule has 0 aromatic carbocycles. The molecule has 1 atom stereocenters. The van der Waals surface area contributed by atoms with Gasteiger partial charge in [-0.1, -0.05) is 0 Å². The summed E-state index contributed by atoms with van der Waals surface area (Å²) >= 11 is 0. The van der Waals surface area contributed by atoms with Gasteiger partial charge in [-0.25, -0.2) is 0 Å². The zero-order valence-electron chi connectivity index (χ0n) is 9.73. The second-order valence-electron chi connectivity index (χ2n) is 4.72. The van der Waals surface area contributed by atoms with Crippen molar-refractivity contribution in [1.82, 2.24) is 10.6 Å². The molecule has 84 valence electrons. The fraction of sp³-hybridized carbons (Fsp3) is 1.00. The molecular weight excluding hydrogens is 176 g/mol. The van der Waals surface area contributed by atoms with E-state index in [1.54, 1.807) is 7.11 Å². The summed E-state index contributed by atoms with van der Waals surface area (Å²) in [6, 6.07) is 0.666. The van der Waals surface area contributed by atoms with Crippen LogP contribution in [0.3, 0.4) is 0 Å². The third kappa shape index (κ3) is 4.40. The average molecular weight is 200 g/mol. The number of nitrogens with one attached hydrogen (secondary N) is 2. The van der Waals surface area contributed by atoms with Crippen molar-refractivity contribution >= 4 is 0 Å². The lowest BCUT2D eigenvalue weighted by atomic mass is 10.1. The predicted molar refractivity (Wildman–Crippen MR) is 59.6 cm³/mol. The van der Waals surface area contributed by atoms with Crippen LogP contribution >= 0.6 is 0 Å². The molecule has 0 amide bonds. The van der Waals surface area contributed by atoms with Crippen molar-refractivity contribution in [2.75, 3.05) is 26.7 Å². The SMILES string of the molecule is COC(C)(C)CNC1CCCNCC1.